The first-order chi connectivity index (χ1) is 7.09. The van der Waals surface area contributed by atoms with Crippen molar-refractivity contribution in [1.29, 1.82) is 0 Å². The molecule has 0 aliphatic heterocycles. The van der Waals surface area contributed by atoms with Crippen LogP contribution in [0.5, 0.6) is 0 Å². The van der Waals surface area contributed by atoms with Crippen LogP contribution in [0.3, 0.4) is 0 Å². The molecule has 0 aliphatic rings. The van der Waals surface area contributed by atoms with Gasteiger partial charge in [0, 0.05) is 0 Å². The largest absolute Gasteiger partial charge is 1.00 e. The molecule has 0 aromatic carbocycles. The Labute approximate surface area is 153 Å². The molecule has 0 atom stereocenters. The molecule has 18 heavy (non-hydrogen) atoms. The summed E-state index contributed by atoms with van der Waals surface area (Å²) in [5, 5.41) is 18.8. The predicted molar refractivity (Wildman–Crippen MR) is 60.1 cm³/mol. The summed E-state index contributed by atoms with van der Waals surface area (Å²) < 4.78 is 0. The van der Waals surface area contributed by atoms with Gasteiger partial charge in [-0.15, -0.1) is 13.2 Å². The molecule has 6 heteroatoms. The number of carboxylic acids is 2. The molecule has 0 aliphatic carbocycles. The SMILES string of the molecule is C=C(C)C.C=C(C)C.O=C([O-])C=CC(=O)[O-].[Na+].[Na+]. The summed E-state index contributed by atoms with van der Waals surface area (Å²) in [5.74, 6) is -3.09. The van der Waals surface area contributed by atoms with Gasteiger partial charge in [0.15, 0.2) is 0 Å². The van der Waals surface area contributed by atoms with E-state index in [1.54, 1.807) is 0 Å². The Morgan fingerprint density at radius 1 is 0.778 bits per heavy atom. The monoisotopic (exact) mass is 272 g/mol. The molecule has 0 unspecified atom stereocenters. The molecule has 0 fully saturated rings. The molecular formula is C12H18Na2O4. The Balaban J connectivity index is -0.0000000489. The van der Waals surface area contributed by atoms with Crippen LogP contribution in [0.4, 0.5) is 0 Å². The van der Waals surface area contributed by atoms with Gasteiger partial charge in [-0.1, -0.05) is 11.1 Å². The maximum atomic E-state index is 9.41. The van der Waals surface area contributed by atoms with Crippen LogP contribution in [0, 0.1) is 0 Å². The van der Waals surface area contributed by atoms with Gasteiger partial charge >= 0.3 is 59.1 Å². The Hall–Kier alpha value is 0.160. The van der Waals surface area contributed by atoms with Crippen LogP contribution in [0.2, 0.25) is 0 Å². The molecule has 0 N–H and O–H groups in total. The first-order valence-electron chi connectivity index (χ1n) is 4.43. The van der Waals surface area contributed by atoms with E-state index in [0.717, 1.165) is 0 Å². The summed E-state index contributed by atoms with van der Waals surface area (Å²) in [4.78, 5) is 18.8. The van der Waals surface area contributed by atoms with Crippen molar-refractivity contribution in [2.24, 2.45) is 0 Å². The standard InChI is InChI=1S/C4H4O4.2C4H8.2Na/c5-3(6)1-2-4(7)8;2*1-4(2)3;;/h1-2H,(H,5,6)(H,7,8);2*1H2,2-3H3;;/q;;;2*+1/p-2. The number of allylic oxidation sites excluding steroid dienone is 2. The molecule has 0 aromatic rings. The fourth-order valence-corrected chi connectivity index (χ4v) is 0.136. The van der Waals surface area contributed by atoms with E-state index in [-0.39, 0.29) is 59.1 Å². The number of rotatable bonds is 2. The van der Waals surface area contributed by atoms with Gasteiger partial charge in [-0.3, -0.25) is 0 Å². The molecule has 92 valence electrons. The van der Waals surface area contributed by atoms with Gasteiger partial charge in [0.2, 0.25) is 0 Å². The third-order valence-electron chi connectivity index (χ3n) is 0.355. The van der Waals surface area contributed by atoms with Crippen LogP contribution in [0.25, 0.3) is 0 Å². The van der Waals surface area contributed by atoms with Crippen LogP contribution >= 0.6 is 0 Å². The maximum absolute atomic E-state index is 9.41. The molecule has 0 spiro atoms. The van der Waals surface area contributed by atoms with Crippen LogP contribution in [-0.2, 0) is 9.59 Å². The van der Waals surface area contributed by atoms with Gasteiger partial charge < -0.3 is 19.8 Å². The van der Waals surface area contributed by atoms with Crippen LogP contribution in [0.15, 0.2) is 36.5 Å². The van der Waals surface area contributed by atoms with Gasteiger partial charge in [-0.25, -0.2) is 0 Å². The normalized spacial score (nSPS) is 7.11. The second-order valence-corrected chi connectivity index (χ2v) is 3.39. The molecule has 0 rings (SSSR count). The van der Waals surface area contributed by atoms with Crippen LogP contribution < -0.4 is 69.3 Å². The third kappa shape index (κ3) is 139. The topological polar surface area (TPSA) is 80.3 Å². The van der Waals surface area contributed by atoms with E-state index in [2.05, 4.69) is 13.2 Å². The van der Waals surface area contributed by atoms with Crippen molar-refractivity contribution in [3.8, 4) is 0 Å². The zero-order valence-electron chi connectivity index (χ0n) is 12.2. The zero-order valence-corrected chi connectivity index (χ0v) is 16.2. The molecule has 0 heterocycles. The fraction of sp³-hybridized carbons (Fsp3) is 0.333. The second-order valence-electron chi connectivity index (χ2n) is 3.39. The van der Waals surface area contributed by atoms with Crippen molar-refractivity contribution in [1.82, 2.24) is 0 Å². The van der Waals surface area contributed by atoms with Crippen molar-refractivity contribution in [3.63, 3.8) is 0 Å². The average molecular weight is 272 g/mol. The summed E-state index contributed by atoms with van der Waals surface area (Å²) in [6.45, 7) is 15.0. The third-order valence-corrected chi connectivity index (χ3v) is 0.355. The number of aliphatic carboxylic acids is 2. The molecule has 0 amide bonds. The van der Waals surface area contributed by atoms with E-state index in [9.17, 15) is 19.8 Å². The summed E-state index contributed by atoms with van der Waals surface area (Å²) >= 11 is 0. The van der Waals surface area contributed by atoms with E-state index in [4.69, 9.17) is 0 Å². The van der Waals surface area contributed by atoms with E-state index >= 15 is 0 Å². The van der Waals surface area contributed by atoms with E-state index in [1.807, 2.05) is 27.7 Å². The van der Waals surface area contributed by atoms with E-state index in [0.29, 0.717) is 12.2 Å². The number of hydrogen-bond donors (Lipinski definition) is 0. The Morgan fingerprint density at radius 3 is 0.944 bits per heavy atom. The molecule has 4 nitrogen and oxygen atoms in total. The number of carboxylic acid groups (broad SMARTS) is 2. The van der Waals surface area contributed by atoms with E-state index in [1.165, 1.54) is 11.1 Å². The van der Waals surface area contributed by atoms with Crippen molar-refractivity contribution in [2.75, 3.05) is 0 Å². The molecule has 0 radical (unpaired) electrons. The van der Waals surface area contributed by atoms with Crippen LogP contribution in [-0.4, -0.2) is 11.9 Å². The molecule has 0 bridgehead atoms. The summed E-state index contributed by atoms with van der Waals surface area (Å²) in [5.41, 5.74) is 2.33. The summed E-state index contributed by atoms with van der Waals surface area (Å²) in [6.07, 6.45) is 0.769. The Bertz CT molecular complexity index is 248. The zero-order chi connectivity index (χ0) is 13.7. The maximum Gasteiger partial charge on any atom is 1.00 e. The molecular weight excluding hydrogens is 254 g/mol. The van der Waals surface area contributed by atoms with Crippen molar-refractivity contribution in [2.45, 2.75) is 27.7 Å². The van der Waals surface area contributed by atoms with Gasteiger partial charge in [0.05, 0.1) is 11.9 Å². The first kappa shape index (κ1) is 30.9. The quantitative estimate of drug-likeness (QED) is 0.285. The Morgan fingerprint density at radius 2 is 0.889 bits per heavy atom. The first-order valence-corrected chi connectivity index (χ1v) is 4.43. The fourth-order valence-electron chi connectivity index (χ4n) is 0.136. The minimum Gasteiger partial charge on any atom is -0.545 e. The predicted octanol–water partition coefficient (Wildman–Crippen LogP) is -5.78. The molecule has 0 aromatic heterocycles. The van der Waals surface area contributed by atoms with E-state index < -0.39 is 11.9 Å². The number of hydrogen-bond acceptors (Lipinski definition) is 4. The minimum atomic E-state index is -1.55. The molecule has 0 saturated heterocycles. The Kier molecular flexibility index (Phi) is 38.3. The second kappa shape index (κ2) is 22.3. The van der Waals surface area contributed by atoms with Gasteiger partial charge in [-0.05, 0) is 39.8 Å². The summed E-state index contributed by atoms with van der Waals surface area (Å²) in [6, 6.07) is 0. The minimum absolute atomic E-state index is 0. The van der Waals surface area contributed by atoms with Gasteiger partial charge in [0.25, 0.3) is 0 Å². The number of carbonyl (C=O) groups excluding carboxylic acids is 2. The van der Waals surface area contributed by atoms with Gasteiger partial charge in [-0.2, -0.15) is 0 Å². The number of carbonyl (C=O) groups is 2. The molecule has 0 saturated carbocycles. The summed E-state index contributed by atoms with van der Waals surface area (Å²) in [7, 11) is 0. The van der Waals surface area contributed by atoms with Crippen molar-refractivity contribution >= 4 is 11.9 Å². The van der Waals surface area contributed by atoms with Crippen LogP contribution in [0.1, 0.15) is 27.7 Å². The average Bonchev–Trinajstić information content (AvgIpc) is 1.98. The smallest absolute Gasteiger partial charge is 0.545 e. The van der Waals surface area contributed by atoms with Gasteiger partial charge in [0.1, 0.15) is 0 Å². The van der Waals surface area contributed by atoms with Crippen molar-refractivity contribution < 1.29 is 78.9 Å². The van der Waals surface area contributed by atoms with Crippen molar-refractivity contribution in [3.05, 3.63) is 36.5 Å².